The summed E-state index contributed by atoms with van der Waals surface area (Å²) in [5.41, 5.74) is 5.22. The van der Waals surface area contributed by atoms with Gasteiger partial charge < -0.3 is 5.73 Å². The maximum absolute atomic E-state index is 5.42. The van der Waals surface area contributed by atoms with Crippen molar-refractivity contribution in [2.24, 2.45) is 5.73 Å². The normalized spacial score (nSPS) is 11.7. The Bertz CT molecular complexity index is 146. The third-order valence-electron chi connectivity index (χ3n) is 2.22. The van der Waals surface area contributed by atoms with Crippen LogP contribution in [0.1, 0.15) is 48.5 Å². The average molecular weight is 214 g/mol. The van der Waals surface area contributed by atoms with Crippen LogP contribution >= 0.6 is 0 Å². The van der Waals surface area contributed by atoms with Gasteiger partial charge in [0.05, 0.1) is 0 Å². The van der Waals surface area contributed by atoms with Gasteiger partial charge in [-0.2, -0.15) is 0 Å². The fraction of sp³-hybridized carbons (Fsp3) is 0.846. The Morgan fingerprint density at radius 2 is 1.47 bits per heavy atom. The van der Waals surface area contributed by atoms with Crippen LogP contribution in [-0.4, -0.2) is 29.1 Å². The highest BCUT2D eigenvalue weighted by atomic mass is 15.2. The molecule has 0 aliphatic carbocycles. The third-order valence-corrected chi connectivity index (χ3v) is 2.22. The van der Waals surface area contributed by atoms with Crippen molar-refractivity contribution in [3.05, 3.63) is 12.7 Å². The number of nitrogens with zero attached hydrogens (tertiary/aromatic N) is 1. The van der Waals surface area contributed by atoms with Crippen molar-refractivity contribution in [1.82, 2.24) is 4.90 Å². The summed E-state index contributed by atoms with van der Waals surface area (Å²) in [7, 11) is 0. The van der Waals surface area contributed by atoms with E-state index in [-0.39, 0.29) is 5.54 Å². The molecule has 0 heterocycles. The van der Waals surface area contributed by atoms with Crippen LogP contribution in [0.5, 0.6) is 0 Å². The number of nitrogens with two attached hydrogens (primary N) is 1. The molecule has 0 saturated heterocycles. The second-order valence-electron chi connectivity index (χ2n) is 5.04. The van der Waals surface area contributed by atoms with Gasteiger partial charge in [0.1, 0.15) is 0 Å². The molecule has 0 aliphatic heterocycles. The van der Waals surface area contributed by atoms with Crippen molar-refractivity contribution < 1.29 is 0 Å². The molecule has 92 valence electrons. The topological polar surface area (TPSA) is 29.3 Å². The summed E-state index contributed by atoms with van der Waals surface area (Å²) in [5, 5.41) is 0. The fourth-order valence-corrected chi connectivity index (χ4v) is 1.33. The molecule has 0 amide bonds. The quantitative estimate of drug-likeness (QED) is 0.729. The minimum atomic E-state index is -0.194. The zero-order valence-corrected chi connectivity index (χ0v) is 11.7. The first kappa shape index (κ1) is 17.1. The summed E-state index contributed by atoms with van der Waals surface area (Å²) in [5.74, 6) is 0. The van der Waals surface area contributed by atoms with E-state index in [1.807, 2.05) is 13.8 Å². The summed E-state index contributed by atoms with van der Waals surface area (Å²) >= 11 is 0. The van der Waals surface area contributed by atoms with Gasteiger partial charge in [-0.05, 0) is 48.1 Å². The SMILES string of the molecule is C=CC(C)(C)N.CCN(C(C)C)C(C)C. The molecule has 0 rings (SSSR count). The van der Waals surface area contributed by atoms with Crippen molar-refractivity contribution in [3.8, 4) is 0 Å². The van der Waals surface area contributed by atoms with E-state index in [4.69, 9.17) is 5.73 Å². The van der Waals surface area contributed by atoms with Crippen molar-refractivity contribution in [2.45, 2.75) is 66.1 Å². The molecule has 0 fully saturated rings. The largest absolute Gasteiger partial charge is 0.322 e. The van der Waals surface area contributed by atoms with Crippen LogP contribution in [0, 0.1) is 0 Å². The Labute approximate surface area is 96.5 Å². The summed E-state index contributed by atoms with van der Waals surface area (Å²) in [6.07, 6.45) is 1.72. The average Bonchev–Trinajstić information content (AvgIpc) is 2.03. The fourth-order valence-electron chi connectivity index (χ4n) is 1.33. The molecule has 2 N–H and O–H groups in total. The molecular weight excluding hydrogens is 184 g/mol. The van der Waals surface area contributed by atoms with Crippen molar-refractivity contribution in [3.63, 3.8) is 0 Å². The highest BCUT2D eigenvalue weighted by Crippen LogP contribution is 2.02. The van der Waals surface area contributed by atoms with E-state index < -0.39 is 0 Å². The van der Waals surface area contributed by atoms with Gasteiger partial charge in [0, 0.05) is 17.6 Å². The van der Waals surface area contributed by atoms with Gasteiger partial charge >= 0.3 is 0 Å². The van der Waals surface area contributed by atoms with Gasteiger partial charge in [0.15, 0.2) is 0 Å². The van der Waals surface area contributed by atoms with Crippen LogP contribution in [0.3, 0.4) is 0 Å². The van der Waals surface area contributed by atoms with Gasteiger partial charge in [0.2, 0.25) is 0 Å². The minimum Gasteiger partial charge on any atom is -0.322 e. The molecule has 2 nitrogen and oxygen atoms in total. The molecule has 2 heteroatoms. The summed E-state index contributed by atoms with van der Waals surface area (Å²) in [6.45, 7) is 19.6. The smallest absolute Gasteiger partial charge is 0.0279 e. The standard InChI is InChI=1S/C8H19N.C5H11N/c1-6-9(7(2)3)8(4)5;1-4-5(2,3)6/h7-8H,6H2,1-5H3;4H,1,6H2,2-3H3. The van der Waals surface area contributed by atoms with Crippen molar-refractivity contribution >= 4 is 0 Å². The molecule has 0 radical (unpaired) electrons. The Morgan fingerprint density at radius 1 is 1.20 bits per heavy atom. The lowest BCUT2D eigenvalue weighted by Gasteiger charge is -2.28. The van der Waals surface area contributed by atoms with Gasteiger partial charge in [-0.25, -0.2) is 0 Å². The molecule has 0 spiro atoms. The predicted molar refractivity (Wildman–Crippen MR) is 71.1 cm³/mol. The van der Waals surface area contributed by atoms with E-state index >= 15 is 0 Å². The van der Waals surface area contributed by atoms with Crippen LogP contribution in [0.15, 0.2) is 12.7 Å². The second kappa shape index (κ2) is 7.89. The summed E-state index contributed by atoms with van der Waals surface area (Å²) in [6, 6.07) is 1.38. The maximum Gasteiger partial charge on any atom is 0.0279 e. The molecule has 0 atom stereocenters. The number of hydrogen-bond donors (Lipinski definition) is 1. The van der Waals surface area contributed by atoms with Crippen molar-refractivity contribution in [1.29, 1.82) is 0 Å². The molecular formula is C13H30N2. The second-order valence-corrected chi connectivity index (χ2v) is 5.04. The molecule has 15 heavy (non-hydrogen) atoms. The highest BCUT2D eigenvalue weighted by molar-refractivity contribution is 4.91. The predicted octanol–water partition coefficient (Wildman–Crippen LogP) is 3.03. The van der Waals surface area contributed by atoms with Crippen LogP contribution < -0.4 is 5.73 Å². The first-order valence-corrected chi connectivity index (χ1v) is 5.83. The van der Waals surface area contributed by atoms with Gasteiger partial charge in [0.25, 0.3) is 0 Å². The number of hydrogen-bond acceptors (Lipinski definition) is 2. The monoisotopic (exact) mass is 214 g/mol. The Kier molecular flexibility index (Phi) is 8.98. The molecule has 0 saturated carbocycles. The van der Waals surface area contributed by atoms with Crippen LogP contribution in [0.4, 0.5) is 0 Å². The third kappa shape index (κ3) is 11.6. The molecule has 0 unspecified atom stereocenters. The maximum atomic E-state index is 5.42. The van der Waals surface area contributed by atoms with E-state index in [0.717, 1.165) is 6.54 Å². The van der Waals surface area contributed by atoms with E-state index in [1.165, 1.54) is 0 Å². The summed E-state index contributed by atoms with van der Waals surface area (Å²) < 4.78 is 0. The van der Waals surface area contributed by atoms with Gasteiger partial charge in [-0.3, -0.25) is 4.90 Å². The van der Waals surface area contributed by atoms with E-state index in [2.05, 4.69) is 46.1 Å². The molecule has 0 aliphatic rings. The molecule has 0 aromatic rings. The lowest BCUT2D eigenvalue weighted by Crippen LogP contribution is -2.36. The zero-order valence-electron chi connectivity index (χ0n) is 11.7. The first-order chi connectivity index (χ1) is 6.65. The lowest BCUT2D eigenvalue weighted by molar-refractivity contribution is 0.185. The minimum absolute atomic E-state index is 0.194. The Hall–Kier alpha value is -0.340. The van der Waals surface area contributed by atoms with Gasteiger partial charge in [-0.15, -0.1) is 6.58 Å². The Balaban J connectivity index is 0. The summed E-state index contributed by atoms with van der Waals surface area (Å²) in [4.78, 5) is 2.46. The van der Waals surface area contributed by atoms with E-state index in [9.17, 15) is 0 Å². The lowest BCUT2D eigenvalue weighted by atomic mass is 10.1. The zero-order chi connectivity index (χ0) is 12.6. The van der Waals surface area contributed by atoms with E-state index in [0.29, 0.717) is 12.1 Å². The van der Waals surface area contributed by atoms with Crippen molar-refractivity contribution in [2.75, 3.05) is 6.54 Å². The van der Waals surface area contributed by atoms with Gasteiger partial charge in [-0.1, -0.05) is 13.0 Å². The van der Waals surface area contributed by atoms with Crippen LogP contribution in [0.25, 0.3) is 0 Å². The molecule has 0 aromatic heterocycles. The Morgan fingerprint density at radius 3 is 1.47 bits per heavy atom. The highest BCUT2D eigenvalue weighted by Gasteiger charge is 2.08. The molecule has 0 aromatic carbocycles. The van der Waals surface area contributed by atoms with Crippen LogP contribution in [0.2, 0.25) is 0 Å². The number of rotatable bonds is 4. The first-order valence-electron chi connectivity index (χ1n) is 5.83. The van der Waals surface area contributed by atoms with E-state index in [1.54, 1.807) is 6.08 Å². The van der Waals surface area contributed by atoms with Crippen LogP contribution in [-0.2, 0) is 0 Å². The molecule has 0 bridgehead atoms.